The van der Waals surface area contributed by atoms with Gasteiger partial charge >= 0.3 is 0 Å². The molecule has 0 aromatic heterocycles. The molecule has 3 heteroatoms. The quantitative estimate of drug-likeness (QED) is 0.776. The van der Waals surface area contributed by atoms with Gasteiger partial charge in [0.05, 0.1) is 6.61 Å². The molecule has 19 heavy (non-hydrogen) atoms. The zero-order valence-corrected chi connectivity index (χ0v) is 13.3. The fraction of sp³-hybridized carbons (Fsp3) is 1.00. The van der Waals surface area contributed by atoms with E-state index in [1.165, 1.54) is 32.2 Å². The summed E-state index contributed by atoms with van der Waals surface area (Å²) < 4.78 is 5.78. The summed E-state index contributed by atoms with van der Waals surface area (Å²) in [5.74, 6) is 0.636. The van der Waals surface area contributed by atoms with Gasteiger partial charge in [0, 0.05) is 37.3 Å². The molecule has 0 bridgehead atoms. The first-order valence-corrected chi connectivity index (χ1v) is 8.01. The maximum Gasteiger partial charge on any atom is 0.0593 e. The molecule has 0 radical (unpaired) electrons. The van der Waals surface area contributed by atoms with Crippen LogP contribution in [0.4, 0.5) is 0 Å². The topological polar surface area (TPSA) is 24.5 Å². The summed E-state index contributed by atoms with van der Waals surface area (Å²) in [6, 6.07) is 0. The Bertz CT molecular complexity index is 282. The lowest BCUT2D eigenvalue weighted by Gasteiger charge is -2.51. The van der Waals surface area contributed by atoms with E-state index in [0.717, 1.165) is 26.3 Å². The van der Waals surface area contributed by atoms with Crippen LogP contribution in [-0.2, 0) is 4.74 Å². The summed E-state index contributed by atoms with van der Waals surface area (Å²) in [5.41, 5.74) is 0.669. The highest BCUT2D eigenvalue weighted by atomic mass is 16.5. The minimum absolute atomic E-state index is 0.259. The number of nitrogens with one attached hydrogen (secondary N) is 1. The maximum absolute atomic E-state index is 5.78. The standard InChI is InChI=1S/C16H32N2O/c1-14(2)11-19-10-9-18-13-16(7-5-6-8-16)17-12-15(18,3)4/h14,17H,5-13H2,1-4H3. The van der Waals surface area contributed by atoms with Gasteiger partial charge in [0.2, 0.25) is 0 Å². The van der Waals surface area contributed by atoms with Gasteiger partial charge in [-0.05, 0) is 32.6 Å². The first kappa shape index (κ1) is 15.3. The van der Waals surface area contributed by atoms with Crippen LogP contribution in [0.5, 0.6) is 0 Å². The van der Waals surface area contributed by atoms with Crippen molar-refractivity contribution in [3.63, 3.8) is 0 Å². The van der Waals surface area contributed by atoms with Gasteiger partial charge in [0.1, 0.15) is 0 Å². The van der Waals surface area contributed by atoms with Crippen LogP contribution in [0.1, 0.15) is 53.4 Å². The van der Waals surface area contributed by atoms with Gasteiger partial charge < -0.3 is 10.1 Å². The van der Waals surface area contributed by atoms with Crippen molar-refractivity contribution in [2.24, 2.45) is 5.92 Å². The predicted molar refractivity (Wildman–Crippen MR) is 80.5 cm³/mol. The highest BCUT2D eigenvalue weighted by molar-refractivity contribution is 5.04. The van der Waals surface area contributed by atoms with Gasteiger partial charge in [-0.2, -0.15) is 0 Å². The summed E-state index contributed by atoms with van der Waals surface area (Å²) >= 11 is 0. The van der Waals surface area contributed by atoms with Crippen molar-refractivity contribution >= 4 is 0 Å². The second-order valence-corrected chi connectivity index (χ2v) is 7.54. The van der Waals surface area contributed by atoms with Crippen molar-refractivity contribution in [3.05, 3.63) is 0 Å². The molecule has 2 aliphatic rings. The van der Waals surface area contributed by atoms with E-state index in [1.54, 1.807) is 0 Å². The van der Waals surface area contributed by atoms with Crippen LogP contribution >= 0.6 is 0 Å². The van der Waals surface area contributed by atoms with Crippen LogP contribution in [-0.4, -0.2) is 48.8 Å². The number of hydrogen-bond acceptors (Lipinski definition) is 3. The lowest BCUT2D eigenvalue weighted by molar-refractivity contribution is -0.000239. The lowest BCUT2D eigenvalue weighted by Crippen LogP contribution is -2.67. The number of nitrogens with zero attached hydrogens (tertiary/aromatic N) is 1. The van der Waals surface area contributed by atoms with E-state index in [2.05, 4.69) is 37.9 Å². The average molecular weight is 268 g/mol. The molecule has 2 fully saturated rings. The molecule has 3 nitrogen and oxygen atoms in total. The summed E-state index contributed by atoms with van der Waals surface area (Å²) in [5, 5.41) is 3.84. The van der Waals surface area contributed by atoms with Gasteiger partial charge in [-0.3, -0.25) is 4.90 Å². The summed E-state index contributed by atoms with van der Waals surface area (Å²) in [7, 11) is 0. The Labute approximate surface area is 119 Å². The zero-order chi connectivity index (χ0) is 13.9. The summed E-state index contributed by atoms with van der Waals surface area (Å²) in [6.07, 6.45) is 5.50. The van der Waals surface area contributed by atoms with Crippen LogP contribution in [0.15, 0.2) is 0 Å². The highest BCUT2D eigenvalue weighted by Crippen LogP contribution is 2.35. The highest BCUT2D eigenvalue weighted by Gasteiger charge is 2.43. The lowest BCUT2D eigenvalue weighted by atomic mass is 9.87. The van der Waals surface area contributed by atoms with Gasteiger partial charge in [0.25, 0.3) is 0 Å². The van der Waals surface area contributed by atoms with E-state index in [4.69, 9.17) is 4.74 Å². The molecule has 0 unspecified atom stereocenters. The molecular formula is C16H32N2O. The van der Waals surface area contributed by atoms with Crippen molar-refractivity contribution in [2.75, 3.05) is 32.8 Å². The van der Waals surface area contributed by atoms with E-state index < -0.39 is 0 Å². The van der Waals surface area contributed by atoms with Gasteiger partial charge in [-0.15, -0.1) is 0 Å². The van der Waals surface area contributed by atoms with Crippen LogP contribution < -0.4 is 5.32 Å². The minimum atomic E-state index is 0.259. The Kier molecular flexibility index (Phi) is 4.91. The SMILES string of the molecule is CC(C)COCCN1CC2(CCCC2)NCC1(C)C. The molecule has 1 N–H and O–H groups in total. The van der Waals surface area contributed by atoms with E-state index in [0.29, 0.717) is 11.5 Å². The van der Waals surface area contributed by atoms with Crippen molar-refractivity contribution in [1.82, 2.24) is 10.2 Å². The number of piperazine rings is 1. The Balaban J connectivity index is 1.84. The van der Waals surface area contributed by atoms with Crippen LogP contribution in [0.25, 0.3) is 0 Å². The minimum Gasteiger partial charge on any atom is -0.380 e. The van der Waals surface area contributed by atoms with Gasteiger partial charge in [0.15, 0.2) is 0 Å². The number of ether oxygens (including phenoxy) is 1. The van der Waals surface area contributed by atoms with E-state index >= 15 is 0 Å². The third-order valence-electron chi connectivity index (χ3n) is 4.76. The predicted octanol–water partition coefficient (Wildman–Crippen LogP) is 2.66. The van der Waals surface area contributed by atoms with Crippen molar-refractivity contribution in [1.29, 1.82) is 0 Å². The van der Waals surface area contributed by atoms with Crippen molar-refractivity contribution < 1.29 is 4.74 Å². The first-order chi connectivity index (χ1) is 8.94. The van der Waals surface area contributed by atoms with Gasteiger partial charge in [-0.25, -0.2) is 0 Å². The maximum atomic E-state index is 5.78. The molecule has 1 saturated carbocycles. The van der Waals surface area contributed by atoms with Crippen molar-refractivity contribution in [2.45, 2.75) is 64.5 Å². The third-order valence-corrected chi connectivity index (χ3v) is 4.76. The Morgan fingerprint density at radius 2 is 1.89 bits per heavy atom. The fourth-order valence-corrected chi connectivity index (χ4v) is 3.41. The average Bonchev–Trinajstić information content (AvgIpc) is 2.78. The summed E-state index contributed by atoms with van der Waals surface area (Å²) in [6.45, 7) is 14.3. The van der Waals surface area contributed by atoms with E-state index in [1.807, 2.05) is 0 Å². The Morgan fingerprint density at radius 1 is 1.21 bits per heavy atom. The molecule has 1 saturated heterocycles. The third kappa shape index (κ3) is 3.93. The normalized spacial score (nSPS) is 26.4. The second-order valence-electron chi connectivity index (χ2n) is 7.54. The molecule has 0 atom stereocenters. The molecule has 1 heterocycles. The number of rotatable bonds is 5. The first-order valence-electron chi connectivity index (χ1n) is 8.01. The molecule has 1 spiro atoms. The largest absolute Gasteiger partial charge is 0.380 e. The zero-order valence-electron chi connectivity index (χ0n) is 13.3. The Morgan fingerprint density at radius 3 is 2.53 bits per heavy atom. The number of hydrogen-bond donors (Lipinski definition) is 1. The molecule has 2 rings (SSSR count). The fourth-order valence-electron chi connectivity index (χ4n) is 3.41. The van der Waals surface area contributed by atoms with Crippen LogP contribution in [0, 0.1) is 5.92 Å². The molecular weight excluding hydrogens is 236 g/mol. The van der Waals surface area contributed by atoms with Crippen molar-refractivity contribution in [3.8, 4) is 0 Å². The second kappa shape index (κ2) is 6.11. The molecule has 0 aromatic carbocycles. The molecule has 1 aliphatic carbocycles. The molecule has 112 valence electrons. The Hall–Kier alpha value is -0.120. The summed E-state index contributed by atoms with van der Waals surface area (Å²) in [4.78, 5) is 2.65. The van der Waals surface area contributed by atoms with E-state index in [9.17, 15) is 0 Å². The molecule has 1 aliphatic heterocycles. The van der Waals surface area contributed by atoms with E-state index in [-0.39, 0.29) is 5.54 Å². The molecule has 0 aromatic rings. The molecule has 0 amide bonds. The van der Waals surface area contributed by atoms with Crippen LogP contribution in [0.2, 0.25) is 0 Å². The van der Waals surface area contributed by atoms with Gasteiger partial charge in [-0.1, -0.05) is 26.7 Å². The smallest absolute Gasteiger partial charge is 0.0593 e. The monoisotopic (exact) mass is 268 g/mol. The van der Waals surface area contributed by atoms with Crippen LogP contribution in [0.3, 0.4) is 0 Å².